The van der Waals surface area contributed by atoms with Gasteiger partial charge in [-0.3, -0.25) is 14.5 Å². The highest BCUT2D eigenvalue weighted by molar-refractivity contribution is 8.00. The zero-order chi connectivity index (χ0) is 31.8. The molecule has 18 heteroatoms. The van der Waals surface area contributed by atoms with Gasteiger partial charge in [0.15, 0.2) is 24.1 Å². The lowest BCUT2D eigenvalue weighted by atomic mass is 10.0. The van der Waals surface area contributed by atoms with Crippen LogP contribution in [0, 0.1) is 0 Å². The number of hydrogen-bond acceptors (Lipinski definition) is 13. The van der Waals surface area contributed by atoms with E-state index in [0.717, 1.165) is 43.2 Å². The second-order valence-corrected chi connectivity index (χ2v) is 12.9. The van der Waals surface area contributed by atoms with Crippen molar-refractivity contribution in [3.8, 4) is 0 Å². The van der Waals surface area contributed by atoms with Crippen molar-refractivity contribution in [3.05, 3.63) is 41.6 Å². The molecule has 0 aromatic carbocycles. The van der Waals surface area contributed by atoms with E-state index in [4.69, 9.17) is 16.3 Å². The first kappa shape index (κ1) is 31.1. The molecule has 234 valence electrons. The summed E-state index contributed by atoms with van der Waals surface area (Å²) in [5, 5.41) is 25.0. The fourth-order valence-electron chi connectivity index (χ4n) is 4.87. The van der Waals surface area contributed by atoms with Crippen molar-refractivity contribution in [1.29, 1.82) is 0 Å². The summed E-state index contributed by atoms with van der Waals surface area (Å²) in [5.41, 5.74) is 10.9. The number of carbonyl (C=O) groups is 4. The number of oxime groups is 1. The van der Waals surface area contributed by atoms with E-state index in [1.807, 2.05) is 29.1 Å². The van der Waals surface area contributed by atoms with E-state index in [-0.39, 0.29) is 29.2 Å². The van der Waals surface area contributed by atoms with Gasteiger partial charge in [0.25, 0.3) is 11.8 Å². The van der Waals surface area contributed by atoms with Crippen LogP contribution in [0.3, 0.4) is 0 Å². The van der Waals surface area contributed by atoms with Crippen molar-refractivity contribution in [3.63, 3.8) is 0 Å². The van der Waals surface area contributed by atoms with Crippen LogP contribution in [0.15, 0.2) is 41.0 Å². The number of thioether (sulfide) groups is 1. The third kappa shape index (κ3) is 6.31. The Kier molecular flexibility index (Phi) is 8.76. The fraction of sp³-hybridized carbons (Fsp3) is 0.462. The van der Waals surface area contributed by atoms with Crippen LogP contribution in [0.2, 0.25) is 0 Å². The number of carbonyl (C=O) groups excluding carboxylic acids is 2. The van der Waals surface area contributed by atoms with Crippen molar-refractivity contribution in [1.82, 2.24) is 19.6 Å². The SMILES string of the molecule is CC(C)(O/N=C(\C(=O)NC1C(=O)N2C(C(=O)O)=C(C[n+]3ccc(N4CCC(N)CC4)cc3)CSC12)c1nsc(N)n1)C(=O)O. The first-order valence-corrected chi connectivity index (χ1v) is 15.5. The maximum absolute atomic E-state index is 13.2. The van der Waals surface area contributed by atoms with Gasteiger partial charge in [-0.05, 0) is 26.7 Å². The molecule has 2 atom stereocenters. The number of fused-ring (bicyclic) bond motifs is 1. The van der Waals surface area contributed by atoms with Crippen LogP contribution >= 0.6 is 23.3 Å². The number of amides is 2. The van der Waals surface area contributed by atoms with E-state index >= 15 is 0 Å². The molecule has 0 radical (unpaired) electrons. The Hall–Kier alpha value is -4.29. The predicted molar refractivity (Wildman–Crippen MR) is 159 cm³/mol. The van der Waals surface area contributed by atoms with Gasteiger partial charge in [0.2, 0.25) is 17.1 Å². The minimum absolute atomic E-state index is 0.0271. The Labute approximate surface area is 259 Å². The van der Waals surface area contributed by atoms with E-state index < -0.39 is 46.5 Å². The van der Waals surface area contributed by atoms with Crippen LogP contribution in [0.5, 0.6) is 0 Å². The number of aromatic nitrogens is 3. The van der Waals surface area contributed by atoms with Crippen molar-refractivity contribution in [2.45, 2.75) is 56.3 Å². The second-order valence-electron chi connectivity index (χ2n) is 11.0. The van der Waals surface area contributed by atoms with E-state index in [0.29, 0.717) is 11.3 Å². The van der Waals surface area contributed by atoms with E-state index in [9.17, 15) is 29.4 Å². The van der Waals surface area contributed by atoms with Gasteiger partial charge in [0, 0.05) is 59.8 Å². The van der Waals surface area contributed by atoms with E-state index in [1.54, 1.807) is 0 Å². The lowest BCUT2D eigenvalue weighted by Gasteiger charge is -2.49. The lowest BCUT2D eigenvalue weighted by molar-refractivity contribution is -0.689. The maximum Gasteiger partial charge on any atom is 0.352 e. The number of nitrogens with two attached hydrogens (primary N) is 2. The van der Waals surface area contributed by atoms with E-state index in [2.05, 4.69) is 24.7 Å². The van der Waals surface area contributed by atoms with Gasteiger partial charge < -0.3 is 36.7 Å². The third-order valence-electron chi connectivity index (χ3n) is 7.44. The second kappa shape index (κ2) is 12.4. The van der Waals surface area contributed by atoms with Crippen molar-refractivity contribution in [2.24, 2.45) is 10.9 Å². The number of carboxylic acids is 2. The lowest BCUT2D eigenvalue weighted by Crippen LogP contribution is -2.71. The molecule has 2 aromatic rings. The number of β-lactam (4-membered cyclic amide) rings is 1. The largest absolute Gasteiger partial charge is 0.478 e. The highest BCUT2D eigenvalue weighted by Gasteiger charge is 2.55. The summed E-state index contributed by atoms with van der Waals surface area (Å²) in [6.45, 7) is 4.48. The molecule has 2 unspecified atom stereocenters. The van der Waals surface area contributed by atoms with Gasteiger partial charge in [-0.15, -0.1) is 11.8 Å². The minimum Gasteiger partial charge on any atom is -0.478 e. The molecule has 2 fully saturated rings. The molecule has 0 spiro atoms. The number of rotatable bonds is 10. The molecule has 7 N–H and O–H groups in total. The van der Waals surface area contributed by atoms with Gasteiger partial charge in [-0.1, -0.05) is 5.16 Å². The van der Waals surface area contributed by atoms with Crippen molar-refractivity contribution in [2.75, 3.05) is 29.5 Å². The number of anilines is 2. The molecular weight excluding hydrogens is 614 g/mol. The summed E-state index contributed by atoms with van der Waals surface area (Å²) in [6, 6.07) is 3.09. The number of nitrogens with one attached hydrogen (secondary N) is 1. The molecule has 2 aromatic heterocycles. The molecule has 5 heterocycles. The zero-order valence-electron chi connectivity index (χ0n) is 23.9. The van der Waals surface area contributed by atoms with E-state index in [1.165, 1.54) is 30.5 Å². The molecule has 3 aliphatic rings. The molecule has 16 nitrogen and oxygen atoms in total. The quantitative estimate of drug-likeness (QED) is 0.0937. The summed E-state index contributed by atoms with van der Waals surface area (Å²) in [5.74, 6) is -4.03. The highest BCUT2D eigenvalue weighted by Crippen LogP contribution is 2.40. The topological polar surface area (TPSA) is 231 Å². The average molecular weight is 647 g/mol. The smallest absolute Gasteiger partial charge is 0.352 e. The molecular formula is C26H32N9O7S2+. The third-order valence-corrected chi connectivity index (χ3v) is 9.32. The Balaban J connectivity index is 1.30. The summed E-state index contributed by atoms with van der Waals surface area (Å²) >= 11 is 2.10. The molecule has 3 aliphatic heterocycles. The molecule has 0 saturated carbocycles. The van der Waals surface area contributed by atoms with Crippen LogP contribution in [-0.4, -0.2) is 95.8 Å². The fourth-order valence-corrected chi connectivity index (χ4v) is 6.64. The minimum atomic E-state index is -1.78. The van der Waals surface area contributed by atoms with Crippen LogP contribution in [0.4, 0.5) is 10.8 Å². The van der Waals surface area contributed by atoms with Crippen molar-refractivity contribution < 1.29 is 38.8 Å². The van der Waals surface area contributed by atoms with Gasteiger partial charge in [-0.25, -0.2) is 14.2 Å². The van der Waals surface area contributed by atoms with Crippen LogP contribution in [0.1, 0.15) is 32.5 Å². The maximum atomic E-state index is 13.2. The van der Waals surface area contributed by atoms with Gasteiger partial charge in [0.05, 0.1) is 0 Å². The molecule has 0 bridgehead atoms. The first-order valence-electron chi connectivity index (χ1n) is 13.7. The standard InChI is InChI=1S/C26H31N9O7S2/c1-26(2,24(40)41)42-31-16(19-30-25(28)44-32-19)20(36)29-17-21(37)35-18(23(38)39)13(12-43-22(17)35)11-33-7-5-15(6-8-33)34-9-3-14(27)4-10-34/h5-8,14,17,22H,3-4,9-12,27H2,1-2H3,(H4-,28,29,30,32,36,38,39,40,41)/p+1/b31-16-. The molecule has 2 saturated heterocycles. The highest BCUT2D eigenvalue weighted by atomic mass is 32.2. The van der Waals surface area contributed by atoms with Gasteiger partial charge in [-0.2, -0.15) is 9.36 Å². The summed E-state index contributed by atoms with van der Waals surface area (Å²) < 4.78 is 5.80. The average Bonchev–Trinajstić information content (AvgIpc) is 3.41. The van der Waals surface area contributed by atoms with Crippen LogP contribution < -0.4 is 26.3 Å². The molecule has 5 rings (SSSR count). The Bertz CT molecular complexity index is 1530. The molecule has 0 aliphatic carbocycles. The molecule has 2 amide bonds. The summed E-state index contributed by atoms with van der Waals surface area (Å²) in [6.07, 6.45) is 5.60. The number of aliphatic carboxylic acids is 2. The van der Waals surface area contributed by atoms with Gasteiger partial charge in [0.1, 0.15) is 17.1 Å². The number of hydrogen-bond donors (Lipinski definition) is 5. The number of nitrogens with zero attached hydrogens (tertiary/aromatic N) is 6. The normalized spacial score (nSPS) is 21.1. The van der Waals surface area contributed by atoms with Gasteiger partial charge >= 0.3 is 11.9 Å². The van der Waals surface area contributed by atoms with Crippen molar-refractivity contribution >= 4 is 63.6 Å². The Morgan fingerprint density at radius 1 is 1.23 bits per heavy atom. The Morgan fingerprint density at radius 3 is 2.50 bits per heavy atom. The number of piperidine rings is 1. The first-order chi connectivity index (χ1) is 20.9. The number of nitrogen functional groups attached to an aromatic ring is 1. The zero-order valence-corrected chi connectivity index (χ0v) is 25.5. The summed E-state index contributed by atoms with van der Waals surface area (Å²) in [4.78, 5) is 62.7. The predicted octanol–water partition coefficient (Wildman–Crippen LogP) is -0.642. The van der Waals surface area contributed by atoms with Crippen LogP contribution in [0.25, 0.3) is 0 Å². The molecule has 44 heavy (non-hydrogen) atoms. The monoisotopic (exact) mass is 646 g/mol. The number of pyridine rings is 1. The van der Waals surface area contributed by atoms with Crippen LogP contribution in [-0.2, 0) is 30.6 Å². The summed E-state index contributed by atoms with van der Waals surface area (Å²) in [7, 11) is 0. The number of carboxylic acid groups (broad SMARTS) is 2. The Morgan fingerprint density at radius 2 is 1.91 bits per heavy atom.